The lowest BCUT2D eigenvalue weighted by atomic mass is 9.98. The first-order valence-electron chi connectivity index (χ1n) is 4.29. The van der Waals surface area contributed by atoms with Gasteiger partial charge in [0.15, 0.2) is 0 Å². The first-order chi connectivity index (χ1) is 4.86. The topological polar surface area (TPSA) is 29.3 Å². The number of rotatable bonds is 2. The summed E-state index contributed by atoms with van der Waals surface area (Å²) in [4.78, 5) is 2.49. The minimum absolute atomic E-state index is 0.772. The molecular weight excluding hydrogens is 124 g/mol. The molecule has 1 fully saturated rings. The zero-order chi connectivity index (χ0) is 7.40. The quantitative estimate of drug-likeness (QED) is 0.614. The van der Waals surface area contributed by atoms with Gasteiger partial charge in [-0.15, -0.1) is 0 Å². The Balaban J connectivity index is 2.25. The molecule has 0 amide bonds. The minimum Gasteiger partial charge on any atom is -0.330 e. The molecule has 1 heterocycles. The van der Waals surface area contributed by atoms with E-state index in [0.717, 1.165) is 12.5 Å². The summed E-state index contributed by atoms with van der Waals surface area (Å²) in [6, 6.07) is 0. The molecule has 1 atom stereocenters. The largest absolute Gasteiger partial charge is 0.330 e. The van der Waals surface area contributed by atoms with Crippen LogP contribution in [-0.4, -0.2) is 31.1 Å². The van der Waals surface area contributed by atoms with Gasteiger partial charge in [-0.25, -0.2) is 0 Å². The third-order valence-electron chi connectivity index (χ3n) is 2.38. The van der Waals surface area contributed by atoms with E-state index in [9.17, 15) is 0 Å². The van der Waals surface area contributed by atoms with Crippen molar-refractivity contribution in [3.05, 3.63) is 0 Å². The molecule has 0 aliphatic carbocycles. The molecule has 1 aliphatic heterocycles. The van der Waals surface area contributed by atoms with Crippen LogP contribution in [0.25, 0.3) is 0 Å². The molecule has 0 bridgehead atoms. The predicted molar refractivity (Wildman–Crippen MR) is 43.9 cm³/mol. The van der Waals surface area contributed by atoms with Gasteiger partial charge < -0.3 is 10.6 Å². The molecule has 2 N–H and O–H groups in total. The summed E-state index contributed by atoms with van der Waals surface area (Å²) in [6.07, 6.45) is 2.68. The Morgan fingerprint density at radius 3 is 3.00 bits per heavy atom. The van der Waals surface area contributed by atoms with Gasteiger partial charge in [0.2, 0.25) is 0 Å². The van der Waals surface area contributed by atoms with Crippen molar-refractivity contribution < 1.29 is 0 Å². The summed E-state index contributed by atoms with van der Waals surface area (Å²) in [7, 11) is 0. The summed E-state index contributed by atoms with van der Waals surface area (Å²) >= 11 is 0. The number of likely N-dealkylation sites (tertiary alicyclic amines) is 1. The second-order valence-electron chi connectivity index (χ2n) is 3.14. The summed E-state index contributed by atoms with van der Waals surface area (Å²) in [6.45, 7) is 6.80. The Labute approximate surface area is 63.4 Å². The number of nitrogens with two attached hydrogens (primary N) is 1. The monoisotopic (exact) mass is 142 g/mol. The van der Waals surface area contributed by atoms with Crippen LogP contribution in [0, 0.1) is 5.92 Å². The van der Waals surface area contributed by atoms with Gasteiger partial charge in [-0.1, -0.05) is 6.92 Å². The molecular formula is C8H18N2. The Morgan fingerprint density at radius 1 is 1.60 bits per heavy atom. The number of hydrogen-bond donors (Lipinski definition) is 1. The number of hydrogen-bond acceptors (Lipinski definition) is 2. The van der Waals surface area contributed by atoms with Crippen molar-refractivity contribution in [2.75, 3.05) is 26.2 Å². The molecule has 1 aliphatic rings. The Hall–Kier alpha value is -0.0800. The molecule has 0 aromatic heterocycles. The van der Waals surface area contributed by atoms with Crippen LogP contribution in [0.15, 0.2) is 0 Å². The maximum absolute atomic E-state index is 5.59. The van der Waals surface area contributed by atoms with Gasteiger partial charge in [-0.3, -0.25) is 0 Å². The third kappa shape index (κ3) is 1.96. The van der Waals surface area contributed by atoms with Crippen LogP contribution in [0.1, 0.15) is 19.8 Å². The molecule has 1 rings (SSSR count). The average Bonchev–Trinajstić information content (AvgIpc) is 2.05. The van der Waals surface area contributed by atoms with Gasteiger partial charge in [0.05, 0.1) is 0 Å². The summed E-state index contributed by atoms with van der Waals surface area (Å²) < 4.78 is 0. The second-order valence-corrected chi connectivity index (χ2v) is 3.14. The van der Waals surface area contributed by atoms with E-state index < -0.39 is 0 Å². The highest BCUT2D eigenvalue weighted by molar-refractivity contribution is 4.71. The molecule has 10 heavy (non-hydrogen) atoms. The molecule has 0 radical (unpaired) electrons. The molecule has 60 valence electrons. The fraction of sp³-hybridized carbons (Fsp3) is 1.00. The van der Waals surface area contributed by atoms with E-state index >= 15 is 0 Å². The van der Waals surface area contributed by atoms with Gasteiger partial charge in [0.1, 0.15) is 0 Å². The van der Waals surface area contributed by atoms with Gasteiger partial charge in [0.25, 0.3) is 0 Å². The van der Waals surface area contributed by atoms with Crippen LogP contribution in [0.2, 0.25) is 0 Å². The lowest BCUT2D eigenvalue weighted by molar-refractivity contribution is 0.186. The normalized spacial score (nSPS) is 28.8. The van der Waals surface area contributed by atoms with E-state index in [1.54, 1.807) is 0 Å². The van der Waals surface area contributed by atoms with Crippen molar-refractivity contribution in [2.45, 2.75) is 19.8 Å². The van der Waals surface area contributed by atoms with Crippen molar-refractivity contribution >= 4 is 0 Å². The zero-order valence-corrected chi connectivity index (χ0v) is 6.84. The highest BCUT2D eigenvalue weighted by Gasteiger charge is 2.16. The summed E-state index contributed by atoms with van der Waals surface area (Å²) in [5, 5.41) is 0. The maximum atomic E-state index is 5.59. The van der Waals surface area contributed by atoms with Crippen LogP contribution in [0.3, 0.4) is 0 Å². The Morgan fingerprint density at radius 2 is 2.40 bits per heavy atom. The molecule has 0 aromatic rings. The standard InChI is InChI=1S/C8H18N2/c1-2-10-5-3-4-8(6-9)7-10/h8H,2-7,9H2,1H3. The average molecular weight is 142 g/mol. The smallest absolute Gasteiger partial charge is 0.00216 e. The van der Waals surface area contributed by atoms with Crippen molar-refractivity contribution in [3.8, 4) is 0 Å². The molecule has 1 unspecified atom stereocenters. The molecule has 0 aromatic carbocycles. The molecule has 0 spiro atoms. The van der Waals surface area contributed by atoms with Crippen LogP contribution >= 0.6 is 0 Å². The highest BCUT2D eigenvalue weighted by Crippen LogP contribution is 2.14. The van der Waals surface area contributed by atoms with E-state index in [-0.39, 0.29) is 0 Å². The van der Waals surface area contributed by atoms with E-state index in [4.69, 9.17) is 5.73 Å². The van der Waals surface area contributed by atoms with Gasteiger partial charge in [-0.2, -0.15) is 0 Å². The van der Waals surface area contributed by atoms with Crippen molar-refractivity contribution in [1.29, 1.82) is 0 Å². The minimum atomic E-state index is 0.772. The highest BCUT2D eigenvalue weighted by atomic mass is 15.1. The Bertz CT molecular complexity index is 83.3. The van der Waals surface area contributed by atoms with Crippen molar-refractivity contribution in [3.63, 3.8) is 0 Å². The second kappa shape index (κ2) is 3.94. The van der Waals surface area contributed by atoms with E-state index in [1.807, 2.05) is 0 Å². The van der Waals surface area contributed by atoms with E-state index in [1.165, 1.54) is 32.5 Å². The van der Waals surface area contributed by atoms with Crippen LogP contribution in [-0.2, 0) is 0 Å². The van der Waals surface area contributed by atoms with Crippen LogP contribution < -0.4 is 5.73 Å². The summed E-state index contributed by atoms with van der Waals surface area (Å²) in [5.74, 6) is 0.772. The number of nitrogens with zero attached hydrogens (tertiary/aromatic N) is 1. The van der Waals surface area contributed by atoms with Gasteiger partial charge in [0, 0.05) is 6.54 Å². The SMILES string of the molecule is CCN1CCCC(CN)C1. The van der Waals surface area contributed by atoms with Crippen LogP contribution in [0.4, 0.5) is 0 Å². The van der Waals surface area contributed by atoms with Crippen LogP contribution in [0.5, 0.6) is 0 Å². The predicted octanol–water partition coefficient (Wildman–Crippen LogP) is 0.677. The number of piperidine rings is 1. The maximum Gasteiger partial charge on any atom is 0.00216 e. The van der Waals surface area contributed by atoms with Crippen molar-refractivity contribution in [1.82, 2.24) is 4.90 Å². The first-order valence-corrected chi connectivity index (χ1v) is 4.29. The third-order valence-corrected chi connectivity index (χ3v) is 2.38. The lowest BCUT2D eigenvalue weighted by Crippen LogP contribution is -2.37. The molecule has 2 nitrogen and oxygen atoms in total. The molecule has 2 heteroatoms. The fourth-order valence-corrected chi connectivity index (χ4v) is 1.63. The zero-order valence-electron chi connectivity index (χ0n) is 6.84. The summed E-state index contributed by atoms with van der Waals surface area (Å²) in [5.41, 5.74) is 5.59. The van der Waals surface area contributed by atoms with Crippen molar-refractivity contribution in [2.24, 2.45) is 11.7 Å². The van der Waals surface area contributed by atoms with Gasteiger partial charge >= 0.3 is 0 Å². The molecule has 0 saturated carbocycles. The van der Waals surface area contributed by atoms with E-state index in [0.29, 0.717) is 0 Å². The Kier molecular flexibility index (Phi) is 3.16. The van der Waals surface area contributed by atoms with E-state index in [2.05, 4.69) is 11.8 Å². The fourth-order valence-electron chi connectivity index (χ4n) is 1.63. The van der Waals surface area contributed by atoms with Gasteiger partial charge in [-0.05, 0) is 38.4 Å². The molecule has 1 saturated heterocycles. The lowest BCUT2D eigenvalue weighted by Gasteiger charge is -2.30. The first kappa shape index (κ1) is 8.02.